The first-order valence-electron chi connectivity index (χ1n) is 5.39. The predicted octanol–water partition coefficient (Wildman–Crippen LogP) is 0.397. The second-order valence-electron chi connectivity index (χ2n) is 4.19. The summed E-state index contributed by atoms with van der Waals surface area (Å²) in [7, 11) is 1.83. The maximum atomic E-state index is 11.6. The fraction of sp³-hybridized carbons (Fsp3) is 0.636. The van der Waals surface area contributed by atoms with Crippen molar-refractivity contribution in [2.75, 3.05) is 26.7 Å². The summed E-state index contributed by atoms with van der Waals surface area (Å²) in [6, 6.07) is 0. The molecule has 0 saturated carbocycles. The first-order chi connectivity index (χ1) is 7.16. The Morgan fingerprint density at radius 3 is 2.67 bits per heavy atom. The average molecular weight is 208 g/mol. The van der Waals surface area contributed by atoms with Crippen LogP contribution in [0.5, 0.6) is 0 Å². The molecule has 1 amide bonds. The molecule has 2 aliphatic rings. The molecule has 1 heterocycles. The minimum atomic E-state index is 0.146. The number of hydrogen-bond acceptors (Lipinski definition) is 3. The zero-order valence-electron chi connectivity index (χ0n) is 9.03. The van der Waals surface area contributed by atoms with Gasteiger partial charge in [-0.1, -0.05) is 0 Å². The van der Waals surface area contributed by atoms with Crippen LogP contribution in [-0.2, 0) is 9.59 Å². The van der Waals surface area contributed by atoms with Crippen molar-refractivity contribution in [3.63, 3.8) is 0 Å². The Kier molecular flexibility index (Phi) is 2.75. The van der Waals surface area contributed by atoms with Crippen LogP contribution in [0.3, 0.4) is 0 Å². The summed E-state index contributed by atoms with van der Waals surface area (Å²) < 4.78 is 0. The molecule has 1 aliphatic heterocycles. The average Bonchev–Trinajstić information content (AvgIpc) is 2.55. The Morgan fingerprint density at radius 1 is 1.20 bits per heavy atom. The van der Waals surface area contributed by atoms with E-state index in [1.54, 1.807) is 11.0 Å². The quantitative estimate of drug-likeness (QED) is 0.626. The number of hydrogen-bond donors (Lipinski definition) is 0. The Hall–Kier alpha value is -1.32. The van der Waals surface area contributed by atoms with Crippen LogP contribution in [0.1, 0.15) is 19.3 Å². The SMILES string of the molecule is CN1CCCN(C2=CC(=O)CC2)CC1=O. The summed E-state index contributed by atoms with van der Waals surface area (Å²) in [4.78, 5) is 26.6. The Bertz CT molecular complexity index is 323. The molecule has 1 fully saturated rings. The summed E-state index contributed by atoms with van der Waals surface area (Å²) in [5.41, 5.74) is 1.05. The molecule has 82 valence electrons. The van der Waals surface area contributed by atoms with Gasteiger partial charge in [-0.25, -0.2) is 0 Å². The highest BCUT2D eigenvalue weighted by Crippen LogP contribution is 2.20. The second-order valence-corrected chi connectivity index (χ2v) is 4.19. The van der Waals surface area contributed by atoms with Crippen molar-refractivity contribution in [1.82, 2.24) is 9.80 Å². The molecule has 0 bridgehead atoms. The molecule has 0 atom stereocenters. The maximum absolute atomic E-state index is 11.6. The van der Waals surface area contributed by atoms with E-state index in [1.807, 2.05) is 7.05 Å². The lowest BCUT2D eigenvalue weighted by atomic mass is 10.3. The van der Waals surface area contributed by atoms with Gasteiger partial charge in [-0.05, 0) is 12.8 Å². The highest BCUT2D eigenvalue weighted by atomic mass is 16.2. The van der Waals surface area contributed by atoms with Crippen molar-refractivity contribution in [1.29, 1.82) is 0 Å². The van der Waals surface area contributed by atoms with Crippen LogP contribution in [0.25, 0.3) is 0 Å². The van der Waals surface area contributed by atoms with Gasteiger partial charge in [-0.15, -0.1) is 0 Å². The molecule has 0 radical (unpaired) electrons. The van der Waals surface area contributed by atoms with Gasteiger partial charge in [0.25, 0.3) is 0 Å². The predicted molar refractivity (Wildman–Crippen MR) is 56.2 cm³/mol. The number of rotatable bonds is 1. The number of carbonyl (C=O) groups is 2. The smallest absolute Gasteiger partial charge is 0.241 e. The van der Waals surface area contributed by atoms with Crippen molar-refractivity contribution in [2.45, 2.75) is 19.3 Å². The maximum Gasteiger partial charge on any atom is 0.241 e. The van der Waals surface area contributed by atoms with Gasteiger partial charge in [0.1, 0.15) is 0 Å². The fourth-order valence-electron chi connectivity index (χ4n) is 2.06. The normalized spacial score (nSPS) is 23.1. The largest absolute Gasteiger partial charge is 0.365 e. The third-order valence-electron chi connectivity index (χ3n) is 3.03. The van der Waals surface area contributed by atoms with Gasteiger partial charge < -0.3 is 9.80 Å². The van der Waals surface area contributed by atoms with Gasteiger partial charge in [0, 0.05) is 38.3 Å². The summed E-state index contributed by atoms with van der Waals surface area (Å²) in [5.74, 6) is 0.336. The van der Waals surface area contributed by atoms with Crippen LogP contribution in [-0.4, -0.2) is 48.2 Å². The first-order valence-corrected chi connectivity index (χ1v) is 5.39. The molecule has 0 unspecified atom stereocenters. The Morgan fingerprint density at radius 2 is 2.00 bits per heavy atom. The zero-order valence-corrected chi connectivity index (χ0v) is 9.03. The lowest BCUT2D eigenvalue weighted by Gasteiger charge is -2.22. The molecule has 0 aromatic carbocycles. The Balaban J connectivity index is 2.06. The number of likely N-dealkylation sites (N-methyl/N-ethyl adjacent to an activating group) is 1. The van der Waals surface area contributed by atoms with E-state index in [2.05, 4.69) is 4.90 Å². The molecule has 2 rings (SSSR count). The van der Waals surface area contributed by atoms with E-state index < -0.39 is 0 Å². The van der Waals surface area contributed by atoms with E-state index in [1.165, 1.54) is 0 Å². The van der Waals surface area contributed by atoms with Crippen LogP contribution in [0.15, 0.2) is 11.8 Å². The minimum absolute atomic E-state index is 0.146. The van der Waals surface area contributed by atoms with Gasteiger partial charge in [0.05, 0.1) is 6.54 Å². The standard InChI is InChI=1S/C11H16N2O2/c1-12-5-2-6-13(8-11(12)15)9-3-4-10(14)7-9/h7H,2-6,8H2,1H3. The topological polar surface area (TPSA) is 40.6 Å². The fourth-order valence-corrected chi connectivity index (χ4v) is 2.06. The number of allylic oxidation sites excluding steroid dienone is 2. The molecule has 0 aromatic heterocycles. The second kappa shape index (κ2) is 4.04. The van der Waals surface area contributed by atoms with E-state index in [9.17, 15) is 9.59 Å². The minimum Gasteiger partial charge on any atom is -0.365 e. The molecule has 0 N–H and O–H groups in total. The van der Waals surface area contributed by atoms with E-state index in [4.69, 9.17) is 0 Å². The lowest BCUT2D eigenvalue weighted by molar-refractivity contribution is -0.129. The summed E-state index contributed by atoms with van der Waals surface area (Å²) in [6.45, 7) is 2.13. The summed E-state index contributed by atoms with van der Waals surface area (Å²) in [5, 5.41) is 0. The third-order valence-corrected chi connectivity index (χ3v) is 3.03. The van der Waals surface area contributed by atoms with Crippen molar-refractivity contribution in [3.05, 3.63) is 11.8 Å². The van der Waals surface area contributed by atoms with Crippen LogP contribution in [0, 0.1) is 0 Å². The zero-order chi connectivity index (χ0) is 10.8. The molecular formula is C11H16N2O2. The van der Waals surface area contributed by atoms with E-state index in [0.717, 1.165) is 31.6 Å². The third kappa shape index (κ3) is 2.19. The number of carbonyl (C=O) groups excluding carboxylic acids is 2. The molecule has 4 heteroatoms. The molecule has 4 nitrogen and oxygen atoms in total. The highest BCUT2D eigenvalue weighted by Gasteiger charge is 2.23. The van der Waals surface area contributed by atoms with Gasteiger partial charge in [-0.2, -0.15) is 0 Å². The molecule has 1 aliphatic carbocycles. The summed E-state index contributed by atoms with van der Waals surface area (Å²) in [6.07, 6.45) is 4.08. The van der Waals surface area contributed by atoms with Crippen molar-refractivity contribution < 1.29 is 9.59 Å². The summed E-state index contributed by atoms with van der Waals surface area (Å²) >= 11 is 0. The van der Waals surface area contributed by atoms with Crippen LogP contribution in [0.4, 0.5) is 0 Å². The van der Waals surface area contributed by atoms with Gasteiger partial charge in [0.2, 0.25) is 5.91 Å². The lowest BCUT2D eigenvalue weighted by Crippen LogP contribution is -2.33. The van der Waals surface area contributed by atoms with Gasteiger partial charge in [0.15, 0.2) is 5.78 Å². The molecule has 0 aromatic rings. The molecule has 0 spiro atoms. The van der Waals surface area contributed by atoms with E-state index >= 15 is 0 Å². The van der Waals surface area contributed by atoms with E-state index in [0.29, 0.717) is 13.0 Å². The number of nitrogens with zero attached hydrogens (tertiary/aromatic N) is 2. The molecule has 1 saturated heterocycles. The number of ketones is 1. The Labute approximate surface area is 89.5 Å². The van der Waals surface area contributed by atoms with Crippen LogP contribution < -0.4 is 0 Å². The van der Waals surface area contributed by atoms with Crippen molar-refractivity contribution in [3.8, 4) is 0 Å². The van der Waals surface area contributed by atoms with Gasteiger partial charge >= 0.3 is 0 Å². The van der Waals surface area contributed by atoms with Crippen molar-refractivity contribution >= 4 is 11.7 Å². The monoisotopic (exact) mass is 208 g/mol. The first kappa shape index (κ1) is 10.2. The van der Waals surface area contributed by atoms with Crippen LogP contribution in [0.2, 0.25) is 0 Å². The van der Waals surface area contributed by atoms with Gasteiger partial charge in [-0.3, -0.25) is 9.59 Å². The number of amides is 1. The molecule has 15 heavy (non-hydrogen) atoms. The van der Waals surface area contributed by atoms with E-state index in [-0.39, 0.29) is 11.7 Å². The van der Waals surface area contributed by atoms with Crippen molar-refractivity contribution in [2.24, 2.45) is 0 Å². The molecular weight excluding hydrogens is 192 g/mol. The highest BCUT2D eigenvalue weighted by molar-refractivity contribution is 5.93. The van der Waals surface area contributed by atoms with Crippen LogP contribution >= 0.6 is 0 Å².